The molecule has 120 valence electrons. The van der Waals surface area contributed by atoms with Gasteiger partial charge in [0.05, 0.1) is 12.9 Å². The Morgan fingerprint density at radius 3 is 2.52 bits per heavy atom. The number of ether oxygens (including phenoxy) is 1. The van der Waals surface area contributed by atoms with E-state index in [0.29, 0.717) is 6.54 Å². The van der Waals surface area contributed by atoms with E-state index in [0.717, 1.165) is 22.3 Å². The Morgan fingerprint density at radius 2 is 2.00 bits per heavy atom. The van der Waals surface area contributed by atoms with Crippen LogP contribution in [0, 0.1) is 0 Å². The average molecular weight is 378 g/mol. The Bertz CT molecular complexity index is 560. The number of hydrogen-bond acceptors (Lipinski definition) is 4. The van der Waals surface area contributed by atoms with Gasteiger partial charge < -0.3 is 4.74 Å². The molecule has 0 N–H and O–H groups in total. The lowest BCUT2D eigenvalue weighted by Crippen LogP contribution is -2.38. The van der Waals surface area contributed by atoms with Crippen LogP contribution in [-0.2, 0) is 16.4 Å². The van der Waals surface area contributed by atoms with Crippen LogP contribution in [0.1, 0.15) is 26.3 Å². The van der Waals surface area contributed by atoms with Crippen LogP contribution in [0.2, 0.25) is 0 Å². The summed E-state index contributed by atoms with van der Waals surface area (Å²) in [5.41, 5.74) is 1.09. The molecule has 0 amide bonds. The summed E-state index contributed by atoms with van der Waals surface area (Å²) in [5, 5.41) is 0. The van der Waals surface area contributed by atoms with Crippen LogP contribution < -0.4 is 4.74 Å². The van der Waals surface area contributed by atoms with Gasteiger partial charge in [-0.1, -0.05) is 29.8 Å². The molecule has 0 aliphatic rings. The average Bonchev–Trinajstić information content (AvgIpc) is 2.45. The second kappa shape index (κ2) is 8.15. The molecule has 0 aliphatic carbocycles. The third kappa shape index (κ3) is 5.60. The molecule has 0 bridgehead atoms. The summed E-state index contributed by atoms with van der Waals surface area (Å²) in [6.45, 7) is 7.18. The predicted octanol–water partition coefficient (Wildman–Crippen LogP) is 3.10. The number of sulfone groups is 1. The van der Waals surface area contributed by atoms with E-state index < -0.39 is 9.84 Å². The maximum Gasteiger partial charge on any atom is 0.151 e. The molecule has 1 rings (SSSR count). The SMILES string of the molecule is CCN(Cc1cc(OC)ccc1Br)[C@@H](C)CS(=O)(=O)CC. The second-order valence-electron chi connectivity index (χ2n) is 5.07. The van der Waals surface area contributed by atoms with E-state index in [2.05, 4.69) is 20.8 Å². The normalized spacial score (nSPS) is 13.4. The number of benzene rings is 1. The lowest BCUT2D eigenvalue weighted by atomic mass is 10.2. The van der Waals surface area contributed by atoms with Crippen molar-refractivity contribution in [2.45, 2.75) is 33.4 Å². The van der Waals surface area contributed by atoms with Crippen molar-refractivity contribution in [3.05, 3.63) is 28.2 Å². The molecule has 1 aromatic rings. The molecular weight excluding hydrogens is 354 g/mol. The van der Waals surface area contributed by atoms with Gasteiger partial charge in [0.25, 0.3) is 0 Å². The summed E-state index contributed by atoms with van der Waals surface area (Å²) < 4.78 is 29.8. The van der Waals surface area contributed by atoms with Gasteiger partial charge in [0.15, 0.2) is 9.84 Å². The fourth-order valence-electron chi connectivity index (χ4n) is 2.19. The van der Waals surface area contributed by atoms with E-state index >= 15 is 0 Å². The lowest BCUT2D eigenvalue weighted by molar-refractivity contribution is 0.225. The molecule has 21 heavy (non-hydrogen) atoms. The highest BCUT2D eigenvalue weighted by molar-refractivity contribution is 9.10. The first-order chi connectivity index (χ1) is 9.82. The van der Waals surface area contributed by atoms with Crippen molar-refractivity contribution in [1.29, 1.82) is 0 Å². The predicted molar refractivity (Wildman–Crippen MR) is 90.6 cm³/mol. The molecular formula is C15H24BrNO3S. The summed E-state index contributed by atoms with van der Waals surface area (Å²) in [6.07, 6.45) is 0. The topological polar surface area (TPSA) is 46.6 Å². The van der Waals surface area contributed by atoms with Crippen LogP contribution in [0.5, 0.6) is 5.75 Å². The molecule has 0 unspecified atom stereocenters. The molecule has 6 heteroatoms. The van der Waals surface area contributed by atoms with Crippen LogP contribution >= 0.6 is 15.9 Å². The Balaban J connectivity index is 2.87. The van der Waals surface area contributed by atoms with Crippen molar-refractivity contribution in [3.8, 4) is 5.75 Å². The van der Waals surface area contributed by atoms with E-state index in [9.17, 15) is 8.42 Å². The third-order valence-corrected chi connectivity index (χ3v) is 6.23. The van der Waals surface area contributed by atoms with Crippen molar-refractivity contribution in [1.82, 2.24) is 4.90 Å². The first-order valence-electron chi connectivity index (χ1n) is 7.09. The number of hydrogen-bond donors (Lipinski definition) is 0. The van der Waals surface area contributed by atoms with E-state index in [1.54, 1.807) is 14.0 Å². The fourth-order valence-corrected chi connectivity index (χ4v) is 3.74. The first-order valence-corrected chi connectivity index (χ1v) is 9.71. The van der Waals surface area contributed by atoms with Crippen molar-refractivity contribution < 1.29 is 13.2 Å². The third-order valence-electron chi connectivity index (χ3n) is 3.59. The number of rotatable bonds is 8. The van der Waals surface area contributed by atoms with Gasteiger partial charge in [-0.2, -0.15) is 0 Å². The number of nitrogens with zero attached hydrogens (tertiary/aromatic N) is 1. The molecule has 0 aromatic heterocycles. The van der Waals surface area contributed by atoms with Gasteiger partial charge in [0.2, 0.25) is 0 Å². The molecule has 0 heterocycles. The van der Waals surface area contributed by atoms with Crippen molar-refractivity contribution >= 4 is 25.8 Å². The van der Waals surface area contributed by atoms with Gasteiger partial charge in [-0.15, -0.1) is 0 Å². The largest absolute Gasteiger partial charge is 0.497 e. The first kappa shape index (κ1) is 18.5. The van der Waals surface area contributed by atoms with Crippen LogP contribution in [0.15, 0.2) is 22.7 Å². The van der Waals surface area contributed by atoms with Crippen molar-refractivity contribution in [2.75, 3.05) is 25.2 Å². The Kier molecular flexibility index (Phi) is 7.16. The zero-order valence-electron chi connectivity index (χ0n) is 13.1. The Hall–Kier alpha value is -0.590. The molecule has 0 aliphatic heterocycles. The summed E-state index contributed by atoms with van der Waals surface area (Å²) >= 11 is 3.54. The second-order valence-corrected chi connectivity index (χ2v) is 8.32. The highest BCUT2D eigenvalue weighted by Gasteiger charge is 2.20. The molecule has 0 radical (unpaired) electrons. The van der Waals surface area contributed by atoms with Gasteiger partial charge in [-0.05, 0) is 37.2 Å². The Morgan fingerprint density at radius 1 is 1.33 bits per heavy atom. The minimum atomic E-state index is -2.97. The standard InChI is InChI=1S/C15H24BrNO3S/c1-5-17(12(3)11-21(18,19)6-2)10-13-9-14(20-4)7-8-15(13)16/h7-9,12H,5-6,10-11H2,1-4H3/t12-/m0/s1. The molecule has 1 atom stereocenters. The molecule has 0 saturated heterocycles. The van der Waals surface area contributed by atoms with Crippen LogP contribution in [0.4, 0.5) is 0 Å². The number of methoxy groups -OCH3 is 1. The summed E-state index contributed by atoms with van der Waals surface area (Å²) in [7, 11) is -1.33. The van der Waals surface area contributed by atoms with Gasteiger partial charge in [-0.3, -0.25) is 4.90 Å². The van der Waals surface area contributed by atoms with Crippen molar-refractivity contribution in [2.24, 2.45) is 0 Å². The van der Waals surface area contributed by atoms with Gasteiger partial charge >= 0.3 is 0 Å². The lowest BCUT2D eigenvalue weighted by Gasteiger charge is -2.28. The van der Waals surface area contributed by atoms with Crippen molar-refractivity contribution in [3.63, 3.8) is 0 Å². The van der Waals surface area contributed by atoms with Crippen LogP contribution in [-0.4, -0.2) is 44.5 Å². The van der Waals surface area contributed by atoms with Gasteiger partial charge in [0, 0.05) is 22.8 Å². The fraction of sp³-hybridized carbons (Fsp3) is 0.600. The summed E-state index contributed by atoms with van der Waals surface area (Å²) in [6, 6.07) is 5.82. The van der Waals surface area contributed by atoms with Gasteiger partial charge in [0.1, 0.15) is 5.75 Å². The van der Waals surface area contributed by atoms with E-state index in [4.69, 9.17) is 4.74 Å². The molecule has 0 spiro atoms. The van der Waals surface area contributed by atoms with E-state index in [1.807, 2.05) is 32.0 Å². The molecule has 0 fully saturated rings. The maximum atomic E-state index is 11.8. The maximum absolute atomic E-state index is 11.8. The quantitative estimate of drug-likeness (QED) is 0.698. The highest BCUT2D eigenvalue weighted by Crippen LogP contribution is 2.24. The molecule has 4 nitrogen and oxygen atoms in total. The Labute approximate surface area is 136 Å². The van der Waals surface area contributed by atoms with Gasteiger partial charge in [-0.25, -0.2) is 8.42 Å². The minimum absolute atomic E-state index is 0.0157. The van der Waals surface area contributed by atoms with Crippen LogP contribution in [0.3, 0.4) is 0 Å². The number of halogens is 1. The zero-order valence-corrected chi connectivity index (χ0v) is 15.5. The van der Waals surface area contributed by atoms with Crippen LogP contribution in [0.25, 0.3) is 0 Å². The summed E-state index contributed by atoms with van der Waals surface area (Å²) in [4.78, 5) is 2.16. The summed E-state index contributed by atoms with van der Waals surface area (Å²) in [5.74, 6) is 1.19. The molecule has 1 aromatic carbocycles. The monoisotopic (exact) mass is 377 g/mol. The van der Waals surface area contributed by atoms with E-state index in [-0.39, 0.29) is 17.5 Å². The van der Waals surface area contributed by atoms with E-state index in [1.165, 1.54) is 0 Å². The minimum Gasteiger partial charge on any atom is -0.497 e. The highest BCUT2D eigenvalue weighted by atomic mass is 79.9. The smallest absolute Gasteiger partial charge is 0.151 e. The zero-order chi connectivity index (χ0) is 16.0. The molecule has 0 saturated carbocycles.